The second kappa shape index (κ2) is 8.89. The van der Waals surface area contributed by atoms with Gasteiger partial charge in [0.1, 0.15) is 0 Å². The van der Waals surface area contributed by atoms with Crippen LogP contribution < -0.4 is 10.6 Å². The molecule has 0 amide bonds. The number of hydrogen-bond donors (Lipinski definition) is 2. The van der Waals surface area contributed by atoms with Crippen LogP contribution in [0, 0.1) is 11.8 Å². The normalized spacial score (nSPS) is 10.6. The number of guanidine groups is 1. The molecule has 0 rings (SSSR count). The summed E-state index contributed by atoms with van der Waals surface area (Å²) in [4.78, 5) is 4.44. The lowest BCUT2D eigenvalue weighted by Crippen LogP contribution is -2.40. The summed E-state index contributed by atoms with van der Waals surface area (Å²) in [5.41, 5.74) is 0. The van der Waals surface area contributed by atoms with Gasteiger partial charge < -0.3 is 10.6 Å². The third-order valence-corrected chi connectivity index (χ3v) is 2.09. The summed E-state index contributed by atoms with van der Waals surface area (Å²) in [6.45, 7) is 10.7. The van der Waals surface area contributed by atoms with Crippen LogP contribution in [0.25, 0.3) is 0 Å². The third-order valence-electron chi connectivity index (χ3n) is 1.71. The van der Waals surface area contributed by atoms with Crippen LogP contribution >= 0.6 is 11.8 Å². The molecular formula is C11H25N3S. The SMILES string of the molecule is CSCN=C(NCC(C)C)NCC(C)C. The molecule has 0 radical (unpaired) electrons. The minimum atomic E-state index is 0.644. The van der Waals surface area contributed by atoms with Crippen molar-refractivity contribution in [3.63, 3.8) is 0 Å². The van der Waals surface area contributed by atoms with E-state index in [0.29, 0.717) is 11.8 Å². The first-order valence-electron chi connectivity index (χ1n) is 5.57. The molecule has 0 aromatic rings. The number of nitrogens with one attached hydrogen (secondary N) is 2. The Labute approximate surface area is 98.5 Å². The lowest BCUT2D eigenvalue weighted by atomic mass is 10.2. The number of hydrogen-bond acceptors (Lipinski definition) is 2. The van der Waals surface area contributed by atoms with Crippen LogP contribution in [-0.4, -0.2) is 31.2 Å². The maximum Gasteiger partial charge on any atom is 0.192 e. The zero-order chi connectivity index (χ0) is 11.7. The van der Waals surface area contributed by atoms with Gasteiger partial charge in [0, 0.05) is 13.1 Å². The first kappa shape index (κ1) is 14.6. The van der Waals surface area contributed by atoms with Crippen LogP contribution in [-0.2, 0) is 0 Å². The smallest absolute Gasteiger partial charge is 0.192 e. The van der Waals surface area contributed by atoms with E-state index in [0.717, 1.165) is 24.9 Å². The fourth-order valence-corrected chi connectivity index (χ4v) is 1.16. The number of rotatable bonds is 6. The summed E-state index contributed by atoms with van der Waals surface area (Å²) >= 11 is 1.73. The first-order chi connectivity index (χ1) is 7.06. The zero-order valence-electron chi connectivity index (χ0n) is 10.6. The molecule has 0 fully saturated rings. The third kappa shape index (κ3) is 9.91. The summed E-state index contributed by atoms with van der Waals surface area (Å²) in [6.07, 6.45) is 2.06. The quantitative estimate of drug-likeness (QED) is 0.543. The Kier molecular flexibility index (Phi) is 8.67. The summed E-state index contributed by atoms with van der Waals surface area (Å²) in [7, 11) is 0. The highest BCUT2D eigenvalue weighted by molar-refractivity contribution is 7.98. The van der Waals surface area contributed by atoms with Crippen molar-refractivity contribution in [2.75, 3.05) is 25.2 Å². The Morgan fingerprint density at radius 2 is 1.53 bits per heavy atom. The summed E-state index contributed by atoms with van der Waals surface area (Å²) < 4.78 is 0. The number of nitrogens with zero attached hydrogens (tertiary/aromatic N) is 1. The molecule has 90 valence electrons. The van der Waals surface area contributed by atoms with Crippen molar-refractivity contribution in [1.29, 1.82) is 0 Å². The molecule has 0 aromatic heterocycles. The first-order valence-corrected chi connectivity index (χ1v) is 6.96. The lowest BCUT2D eigenvalue weighted by molar-refractivity contribution is 0.589. The topological polar surface area (TPSA) is 36.4 Å². The monoisotopic (exact) mass is 231 g/mol. The van der Waals surface area contributed by atoms with Gasteiger partial charge in [-0.3, -0.25) is 0 Å². The average molecular weight is 231 g/mol. The Morgan fingerprint density at radius 1 is 1.07 bits per heavy atom. The van der Waals surface area contributed by atoms with Crippen LogP contribution in [0.5, 0.6) is 0 Å². The van der Waals surface area contributed by atoms with E-state index >= 15 is 0 Å². The average Bonchev–Trinajstić information content (AvgIpc) is 2.16. The molecule has 0 saturated heterocycles. The Bertz CT molecular complexity index is 165. The number of thioether (sulfide) groups is 1. The minimum absolute atomic E-state index is 0.644. The standard InChI is InChI=1S/C11H25N3S/c1-9(2)6-12-11(14-8-15-5)13-7-10(3)4/h9-10H,6-8H2,1-5H3,(H2,12,13,14). The molecule has 0 aliphatic carbocycles. The van der Waals surface area contributed by atoms with Crippen molar-refractivity contribution in [3.05, 3.63) is 0 Å². The molecule has 0 atom stereocenters. The van der Waals surface area contributed by atoms with E-state index in [9.17, 15) is 0 Å². The lowest BCUT2D eigenvalue weighted by Gasteiger charge is -2.15. The Balaban J connectivity index is 3.95. The summed E-state index contributed by atoms with van der Waals surface area (Å²) in [5, 5.41) is 6.67. The second-order valence-electron chi connectivity index (χ2n) is 4.47. The van der Waals surface area contributed by atoms with Gasteiger partial charge in [-0.25, -0.2) is 4.99 Å². The molecule has 0 unspecified atom stereocenters. The van der Waals surface area contributed by atoms with Crippen LogP contribution in [0.3, 0.4) is 0 Å². The Hall–Kier alpha value is -0.380. The minimum Gasteiger partial charge on any atom is -0.356 e. The van der Waals surface area contributed by atoms with E-state index in [1.807, 2.05) is 0 Å². The van der Waals surface area contributed by atoms with E-state index in [1.165, 1.54) is 0 Å². The largest absolute Gasteiger partial charge is 0.356 e. The molecule has 0 aromatic carbocycles. The van der Waals surface area contributed by atoms with Crippen LogP contribution in [0.15, 0.2) is 4.99 Å². The fraction of sp³-hybridized carbons (Fsp3) is 0.909. The predicted molar refractivity (Wildman–Crippen MR) is 71.5 cm³/mol. The van der Waals surface area contributed by atoms with Crippen molar-refractivity contribution in [3.8, 4) is 0 Å². The van der Waals surface area contributed by atoms with Crippen LogP contribution in [0.4, 0.5) is 0 Å². The molecule has 0 bridgehead atoms. The van der Waals surface area contributed by atoms with Gasteiger partial charge in [-0.05, 0) is 18.1 Å². The van der Waals surface area contributed by atoms with Crippen molar-refractivity contribution in [2.24, 2.45) is 16.8 Å². The van der Waals surface area contributed by atoms with E-state index in [4.69, 9.17) is 0 Å². The molecule has 0 spiro atoms. The molecule has 3 nitrogen and oxygen atoms in total. The molecule has 0 saturated carbocycles. The van der Waals surface area contributed by atoms with Crippen LogP contribution in [0.2, 0.25) is 0 Å². The highest BCUT2D eigenvalue weighted by atomic mass is 32.2. The van der Waals surface area contributed by atoms with Gasteiger partial charge in [0.2, 0.25) is 0 Å². The van der Waals surface area contributed by atoms with Gasteiger partial charge in [-0.1, -0.05) is 27.7 Å². The molecular weight excluding hydrogens is 206 g/mol. The van der Waals surface area contributed by atoms with Gasteiger partial charge >= 0.3 is 0 Å². The van der Waals surface area contributed by atoms with Gasteiger partial charge in [0.25, 0.3) is 0 Å². The van der Waals surface area contributed by atoms with Crippen molar-refractivity contribution in [2.45, 2.75) is 27.7 Å². The molecule has 0 aliphatic heterocycles. The van der Waals surface area contributed by atoms with Crippen molar-refractivity contribution >= 4 is 17.7 Å². The summed E-state index contributed by atoms with van der Waals surface area (Å²) in [6, 6.07) is 0. The fourth-order valence-electron chi connectivity index (χ4n) is 0.905. The van der Waals surface area contributed by atoms with Crippen LogP contribution in [0.1, 0.15) is 27.7 Å². The molecule has 0 aliphatic rings. The van der Waals surface area contributed by atoms with Gasteiger partial charge in [-0.2, -0.15) is 0 Å². The molecule has 2 N–H and O–H groups in total. The second-order valence-corrected chi connectivity index (χ2v) is 5.31. The van der Waals surface area contributed by atoms with Gasteiger partial charge in [0.05, 0.1) is 5.88 Å². The van der Waals surface area contributed by atoms with E-state index in [2.05, 4.69) is 49.6 Å². The highest BCUT2D eigenvalue weighted by Crippen LogP contribution is 1.93. The van der Waals surface area contributed by atoms with Crippen molar-refractivity contribution < 1.29 is 0 Å². The maximum absolute atomic E-state index is 4.44. The maximum atomic E-state index is 4.44. The van der Waals surface area contributed by atoms with Crippen molar-refractivity contribution in [1.82, 2.24) is 10.6 Å². The number of aliphatic imine (C=N–C) groups is 1. The highest BCUT2D eigenvalue weighted by Gasteiger charge is 2.00. The van der Waals surface area contributed by atoms with Gasteiger partial charge in [0.15, 0.2) is 5.96 Å². The van der Waals surface area contributed by atoms with E-state index < -0.39 is 0 Å². The Morgan fingerprint density at radius 3 is 1.87 bits per heavy atom. The molecule has 0 heterocycles. The molecule has 15 heavy (non-hydrogen) atoms. The van der Waals surface area contributed by atoms with E-state index in [-0.39, 0.29) is 0 Å². The zero-order valence-corrected chi connectivity index (χ0v) is 11.4. The van der Waals surface area contributed by atoms with Gasteiger partial charge in [-0.15, -0.1) is 11.8 Å². The predicted octanol–water partition coefficient (Wildman–Crippen LogP) is 2.15. The van der Waals surface area contributed by atoms with E-state index in [1.54, 1.807) is 11.8 Å². The molecule has 4 heteroatoms. The summed E-state index contributed by atoms with van der Waals surface area (Å²) in [5.74, 6) is 3.04.